The largest absolute Gasteiger partial charge is 0.462 e. The SMILES string of the molecule is CCC/C=C\C/C=C\CCCCCCCC(=O)OCC(COC(=O)CCCCCCCCCCCCCCCCCCCCCCCCCCCCCCC)OC(=O)CCCCCCC/C=C\C/C=C\CCC. The molecule has 426 valence electrons. The van der Waals surface area contributed by atoms with E-state index in [1.54, 1.807) is 0 Å². The second-order valence-electron chi connectivity index (χ2n) is 21.7. The number of esters is 3. The summed E-state index contributed by atoms with van der Waals surface area (Å²) in [6.07, 6.45) is 77.2. The first-order chi connectivity index (χ1) is 36.0. The second-order valence-corrected chi connectivity index (χ2v) is 21.7. The zero-order chi connectivity index (χ0) is 52.9. The van der Waals surface area contributed by atoms with Gasteiger partial charge < -0.3 is 14.2 Å². The van der Waals surface area contributed by atoms with Gasteiger partial charge in [-0.25, -0.2) is 0 Å². The normalized spacial score (nSPS) is 12.3. The number of rotatable bonds is 59. The molecule has 0 aliphatic heterocycles. The number of unbranched alkanes of at least 4 members (excludes halogenated alkanes) is 40. The molecule has 6 heteroatoms. The Labute approximate surface area is 454 Å². The smallest absolute Gasteiger partial charge is 0.306 e. The fourth-order valence-electron chi connectivity index (χ4n) is 9.46. The molecule has 0 N–H and O–H groups in total. The summed E-state index contributed by atoms with van der Waals surface area (Å²) in [6.45, 7) is 6.53. The summed E-state index contributed by atoms with van der Waals surface area (Å²) in [6, 6.07) is 0. The van der Waals surface area contributed by atoms with E-state index in [-0.39, 0.29) is 31.1 Å². The summed E-state index contributed by atoms with van der Waals surface area (Å²) in [4.78, 5) is 38.2. The monoisotopic (exact) mass is 1020 g/mol. The van der Waals surface area contributed by atoms with Crippen molar-refractivity contribution >= 4 is 17.9 Å². The molecule has 0 fully saturated rings. The lowest BCUT2D eigenvalue weighted by molar-refractivity contribution is -0.167. The van der Waals surface area contributed by atoms with Crippen LogP contribution in [0, 0.1) is 0 Å². The van der Waals surface area contributed by atoms with Crippen molar-refractivity contribution in [1.82, 2.24) is 0 Å². The van der Waals surface area contributed by atoms with Gasteiger partial charge in [-0.3, -0.25) is 14.4 Å². The van der Waals surface area contributed by atoms with Crippen LogP contribution in [-0.2, 0) is 28.6 Å². The van der Waals surface area contributed by atoms with Crippen molar-refractivity contribution in [3.63, 3.8) is 0 Å². The van der Waals surface area contributed by atoms with Crippen molar-refractivity contribution in [1.29, 1.82) is 0 Å². The minimum absolute atomic E-state index is 0.0806. The Balaban J connectivity index is 4.13. The third kappa shape index (κ3) is 60.1. The molecule has 73 heavy (non-hydrogen) atoms. The maximum atomic E-state index is 12.8. The van der Waals surface area contributed by atoms with Crippen LogP contribution < -0.4 is 0 Å². The average Bonchev–Trinajstić information content (AvgIpc) is 3.39. The first kappa shape index (κ1) is 70.4. The molecule has 0 spiro atoms. The third-order valence-electron chi connectivity index (χ3n) is 14.3. The van der Waals surface area contributed by atoms with Crippen LogP contribution >= 0.6 is 0 Å². The molecule has 0 radical (unpaired) electrons. The zero-order valence-corrected chi connectivity index (χ0v) is 48.9. The molecule has 6 nitrogen and oxygen atoms in total. The van der Waals surface area contributed by atoms with Gasteiger partial charge in [0.05, 0.1) is 0 Å². The first-order valence-corrected chi connectivity index (χ1v) is 32.1. The number of carbonyl (C=O) groups excluding carboxylic acids is 3. The molecule has 0 aliphatic rings. The second kappa shape index (κ2) is 61.9. The fourth-order valence-corrected chi connectivity index (χ4v) is 9.46. The van der Waals surface area contributed by atoms with Gasteiger partial charge in [0.1, 0.15) is 13.2 Å². The Morgan fingerprint density at radius 1 is 0.274 bits per heavy atom. The average molecular weight is 1020 g/mol. The summed E-state index contributed by atoms with van der Waals surface area (Å²) in [5, 5.41) is 0. The van der Waals surface area contributed by atoms with Crippen LogP contribution in [0.1, 0.15) is 342 Å². The molecule has 1 unspecified atom stereocenters. The van der Waals surface area contributed by atoms with Crippen LogP contribution in [0.25, 0.3) is 0 Å². The van der Waals surface area contributed by atoms with Crippen molar-refractivity contribution in [3.05, 3.63) is 48.6 Å². The van der Waals surface area contributed by atoms with Gasteiger partial charge in [0.15, 0.2) is 6.10 Å². The summed E-state index contributed by atoms with van der Waals surface area (Å²) in [5.41, 5.74) is 0. The molecule has 1 atom stereocenters. The van der Waals surface area contributed by atoms with Gasteiger partial charge in [-0.15, -0.1) is 0 Å². The molecular formula is C67H122O6. The van der Waals surface area contributed by atoms with E-state index in [2.05, 4.69) is 69.4 Å². The lowest BCUT2D eigenvalue weighted by Crippen LogP contribution is -2.30. The zero-order valence-electron chi connectivity index (χ0n) is 48.9. The minimum atomic E-state index is -0.785. The predicted octanol–water partition coefficient (Wildman–Crippen LogP) is 21.8. The molecule has 0 aromatic heterocycles. The fraction of sp³-hybridized carbons (Fsp3) is 0.836. The first-order valence-electron chi connectivity index (χ1n) is 32.1. The summed E-state index contributed by atoms with van der Waals surface area (Å²) >= 11 is 0. The standard InChI is InChI=1S/C67H122O6/c1-4-7-10-13-16-19-22-25-26-27-28-29-30-31-32-33-34-35-36-37-38-39-40-43-45-48-51-54-57-60-66(69)72-63-64(73-67(70)61-58-55-52-49-46-42-24-21-18-15-12-9-6-3)62-71-65(68)59-56-53-50-47-44-41-23-20-17-14-11-8-5-2/h11-12,14-15,20-21,23-24,64H,4-10,13,16-19,22,25-63H2,1-3H3/b14-11-,15-12-,23-20-,24-21-. The highest BCUT2D eigenvalue weighted by Crippen LogP contribution is 2.18. The van der Waals surface area contributed by atoms with Crippen LogP contribution in [0.15, 0.2) is 48.6 Å². The van der Waals surface area contributed by atoms with E-state index in [0.717, 1.165) is 116 Å². The van der Waals surface area contributed by atoms with Crippen molar-refractivity contribution in [2.45, 2.75) is 348 Å². The van der Waals surface area contributed by atoms with Crippen molar-refractivity contribution in [2.24, 2.45) is 0 Å². The van der Waals surface area contributed by atoms with Crippen molar-refractivity contribution < 1.29 is 28.6 Å². The number of ether oxygens (including phenoxy) is 3. The Bertz CT molecular complexity index is 1270. The molecule has 0 aromatic rings. The maximum Gasteiger partial charge on any atom is 0.306 e. The van der Waals surface area contributed by atoms with Gasteiger partial charge in [-0.1, -0.05) is 301 Å². The molecule has 0 saturated heterocycles. The van der Waals surface area contributed by atoms with Gasteiger partial charge >= 0.3 is 17.9 Å². The van der Waals surface area contributed by atoms with Crippen LogP contribution in [0.3, 0.4) is 0 Å². The van der Waals surface area contributed by atoms with Crippen molar-refractivity contribution in [3.8, 4) is 0 Å². The summed E-state index contributed by atoms with van der Waals surface area (Å²) in [7, 11) is 0. The van der Waals surface area contributed by atoms with Crippen LogP contribution in [-0.4, -0.2) is 37.2 Å². The van der Waals surface area contributed by atoms with E-state index in [1.807, 2.05) is 0 Å². The molecule has 0 amide bonds. The Morgan fingerprint density at radius 3 is 0.808 bits per heavy atom. The summed E-state index contributed by atoms with van der Waals surface area (Å²) in [5.74, 6) is -0.894. The van der Waals surface area contributed by atoms with E-state index in [0.29, 0.717) is 19.3 Å². The predicted molar refractivity (Wildman–Crippen MR) is 316 cm³/mol. The molecule has 0 bridgehead atoms. The van der Waals surface area contributed by atoms with Crippen LogP contribution in [0.2, 0.25) is 0 Å². The van der Waals surface area contributed by atoms with Crippen LogP contribution in [0.4, 0.5) is 0 Å². The third-order valence-corrected chi connectivity index (χ3v) is 14.3. The number of carbonyl (C=O) groups is 3. The van der Waals surface area contributed by atoms with Crippen molar-refractivity contribution in [2.75, 3.05) is 13.2 Å². The van der Waals surface area contributed by atoms with E-state index in [1.165, 1.54) is 186 Å². The molecule has 0 heterocycles. The van der Waals surface area contributed by atoms with Gasteiger partial charge in [-0.2, -0.15) is 0 Å². The molecule has 0 rings (SSSR count). The highest BCUT2D eigenvalue weighted by molar-refractivity contribution is 5.71. The van der Waals surface area contributed by atoms with Gasteiger partial charge in [-0.05, 0) is 70.6 Å². The van der Waals surface area contributed by atoms with Gasteiger partial charge in [0.2, 0.25) is 0 Å². The highest BCUT2D eigenvalue weighted by Gasteiger charge is 2.19. The Hall–Kier alpha value is -2.63. The minimum Gasteiger partial charge on any atom is -0.462 e. The highest BCUT2D eigenvalue weighted by atomic mass is 16.6. The lowest BCUT2D eigenvalue weighted by Gasteiger charge is -2.18. The Kier molecular flexibility index (Phi) is 59.7. The molecule has 0 aliphatic carbocycles. The van der Waals surface area contributed by atoms with E-state index in [4.69, 9.17) is 14.2 Å². The van der Waals surface area contributed by atoms with Gasteiger partial charge in [0.25, 0.3) is 0 Å². The van der Waals surface area contributed by atoms with Gasteiger partial charge in [0, 0.05) is 19.3 Å². The number of hydrogen-bond donors (Lipinski definition) is 0. The maximum absolute atomic E-state index is 12.8. The van der Waals surface area contributed by atoms with E-state index in [9.17, 15) is 14.4 Å². The molecule has 0 aromatic carbocycles. The molecular weight excluding hydrogens is 901 g/mol. The Morgan fingerprint density at radius 2 is 0.521 bits per heavy atom. The number of hydrogen-bond acceptors (Lipinski definition) is 6. The van der Waals surface area contributed by atoms with E-state index >= 15 is 0 Å². The summed E-state index contributed by atoms with van der Waals surface area (Å²) < 4.78 is 16.9. The number of allylic oxidation sites excluding steroid dienone is 8. The van der Waals surface area contributed by atoms with E-state index < -0.39 is 6.10 Å². The quantitative estimate of drug-likeness (QED) is 0.0261. The lowest BCUT2D eigenvalue weighted by atomic mass is 10.0. The molecule has 0 saturated carbocycles. The van der Waals surface area contributed by atoms with Crippen LogP contribution in [0.5, 0.6) is 0 Å². The topological polar surface area (TPSA) is 78.9 Å².